The number of hydrogen-bond donors (Lipinski definition) is 0. The molecule has 40 valence electrons. The van der Waals surface area contributed by atoms with Crippen LogP contribution in [0.15, 0.2) is 24.9 Å². The zero-order valence-electron chi connectivity index (χ0n) is 4.23. The van der Waals surface area contributed by atoms with Crippen LogP contribution in [0.5, 0.6) is 0 Å². The molecular weight excluding hydrogens is 124 g/mol. The lowest BCUT2D eigenvalue weighted by Gasteiger charge is -1.89. The first kappa shape index (κ1) is 6.99. The molecule has 0 aromatic carbocycles. The number of rotatable bonds is 3. The van der Waals surface area contributed by atoms with Crippen LogP contribution in [0.2, 0.25) is 6.04 Å². The normalized spacial score (nSPS) is 12.7. The van der Waals surface area contributed by atoms with Gasteiger partial charge in [-0.05, 0) is 6.04 Å². The quantitative estimate of drug-likeness (QED) is 0.313. The average molecular weight is 133 g/mol. The SMILES string of the molecule is C=CC[SiH](Cl)C=C. The lowest BCUT2D eigenvalue weighted by atomic mass is 10.8. The molecule has 0 spiro atoms. The summed E-state index contributed by atoms with van der Waals surface area (Å²) in [7, 11) is -1.06. The van der Waals surface area contributed by atoms with Crippen molar-refractivity contribution in [3.05, 3.63) is 24.9 Å². The Balaban J connectivity index is 3.15. The first-order chi connectivity index (χ1) is 3.31. The molecule has 0 bridgehead atoms. The largest absolute Gasteiger partial charge is 0.167 e. The van der Waals surface area contributed by atoms with E-state index in [0.717, 1.165) is 6.04 Å². The third-order valence-electron chi connectivity index (χ3n) is 0.648. The Hall–Kier alpha value is -0.0131. The molecule has 2 heteroatoms. The molecule has 0 aromatic heterocycles. The third kappa shape index (κ3) is 3.83. The van der Waals surface area contributed by atoms with E-state index < -0.39 is 8.11 Å². The summed E-state index contributed by atoms with van der Waals surface area (Å²) in [4.78, 5) is 0. The van der Waals surface area contributed by atoms with Crippen molar-refractivity contribution in [3.8, 4) is 0 Å². The lowest BCUT2D eigenvalue weighted by molar-refractivity contribution is 1.72. The van der Waals surface area contributed by atoms with Gasteiger partial charge in [-0.1, -0.05) is 11.8 Å². The van der Waals surface area contributed by atoms with E-state index in [-0.39, 0.29) is 0 Å². The molecular formula is C5H9ClSi. The van der Waals surface area contributed by atoms with Crippen LogP contribution in [0.1, 0.15) is 0 Å². The van der Waals surface area contributed by atoms with Crippen molar-refractivity contribution in [1.29, 1.82) is 0 Å². The van der Waals surface area contributed by atoms with Gasteiger partial charge in [-0.25, -0.2) is 0 Å². The highest BCUT2D eigenvalue weighted by Crippen LogP contribution is 1.97. The van der Waals surface area contributed by atoms with E-state index >= 15 is 0 Å². The maximum absolute atomic E-state index is 5.71. The minimum Gasteiger partial charge on any atom is -0.166 e. The molecule has 0 radical (unpaired) electrons. The van der Waals surface area contributed by atoms with Crippen LogP contribution in [-0.2, 0) is 0 Å². The van der Waals surface area contributed by atoms with Gasteiger partial charge in [0, 0.05) is 0 Å². The van der Waals surface area contributed by atoms with Gasteiger partial charge in [-0.2, -0.15) is 11.1 Å². The van der Waals surface area contributed by atoms with Crippen LogP contribution in [0.4, 0.5) is 0 Å². The molecule has 0 saturated carbocycles. The smallest absolute Gasteiger partial charge is 0.166 e. The molecule has 0 aliphatic heterocycles. The Bertz CT molecular complexity index is 70.5. The van der Waals surface area contributed by atoms with Gasteiger partial charge in [0.15, 0.2) is 8.11 Å². The Morgan fingerprint density at radius 3 is 2.29 bits per heavy atom. The van der Waals surface area contributed by atoms with Gasteiger partial charge in [-0.3, -0.25) is 0 Å². The molecule has 1 unspecified atom stereocenters. The second-order valence-corrected chi connectivity index (χ2v) is 4.93. The Morgan fingerprint density at radius 1 is 1.57 bits per heavy atom. The number of hydrogen-bond acceptors (Lipinski definition) is 0. The van der Waals surface area contributed by atoms with Gasteiger partial charge in [0.05, 0.1) is 0 Å². The number of allylic oxidation sites excluding steroid dienone is 1. The van der Waals surface area contributed by atoms with Gasteiger partial charge >= 0.3 is 0 Å². The van der Waals surface area contributed by atoms with Gasteiger partial charge in [-0.15, -0.1) is 13.2 Å². The van der Waals surface area contributed by atoms with Crippen molar-refractivity contribution >= 4 is 19.2 Å². The van der Waals surface area contributed by atoms with Crippen LogP contribution in [-0.4, -0.2) is 8.11 Å². The molecule has 0 nitrogen and oxygen atoms in total. The van der Waals surface area contributed by atoms with Crippen molar-refractivity contribution in [1.82, 2.24) is 0 Å². The first-order valence-corrected chi connectivity index (χ1v) is 5.41. The van der Waals surface area contributed by atoms with Crippen LogP contribution in [0.3, 0.4) is 0 Å². The highest BCUT2D eigenvalue weighted by atomic mass is 35.6. The van der Waals surface area contributed by atoms with Crippen LogP contribution in [0, 0.1) is 0 Å². The monoisotopic (exact) mass is 132 g/mol. The second-order valence-electron chi connectivity index (χ2n) is 1.28. The lowest BCUT2D eigenvalue weighted by Crippen LogP contribution is -1.93. The van der Waals surface area contributed by atoms with Gasteiger partial charge in [0.1, 0.15) is 0 Å². The van der Waals surface area contributed by atoms with Crippen molar-refractivity contribution < 1.29 is 0 Å². The minimum atomic E-state index is -1.06. The zero-order chi connectivity index (χ0) is 5.70. The van der Waals surface area contributed by atoms with E-state index in [1.807, 2.05) is 11.8 Å². The molecule has 0 rings (SSSR count). The van der Waals surface area contributed by atoms with Gasteiger partial charge < -0.3 is 0 Å². The average Bonchev–Trinajstić information content (AvgIpc) is 1.68. The third-order valence-corrected chi connectivity index (χ3v) is 3.01. The molecule has 0 saturated heterocycles. The van der Waals surface area contributed by atoms with Gasteiger partial charge in [0.2, 0.25) is 0 Å². The van der Waals surface area contributed by atoms with E-state index in [1.54, 1.807) is 0 Å². The molecule has 0 N–H and O–H groups in total. The molecule has 0 fully saturated rings. The summed E-state index contributed by atoms with van der Waals surface area (Å²) < 4.78 is 0. The molecule has 0 aromatic rings. The standard InChI is InChI=1S/C5H9ClSi/c1-3-5-7(6)4-2/h3-4,7H,1-2,5H2. The van der Waals surface area contributed by atoms with Crippen LogP contribution < -0.4 is 0 Å². The second kappa shape index (κ2) is 4.15. The van der Waals surface area contributed by atoms with E-state index in [2.05, 4.69) is 13.2 Å². The summed E-state index contributed by atoms with van der Waals surface area (Å²) in [5.41, 5.74) is 1.84. The minimum absolute atomic E-state index is 0.949. The molecule has 0 aliphatic carbocycles. The predicted molar refractivity (Wildman–Crippen MR) is 38.2 cm³/mol. The summed E-state index contributed by atoms with van der Waals surface area (Å²) in [5.74, 6) is 0. The highest BCUT2D eigenvalue weighted by Gasteiger charge is 1.93. The Morgan fingerprint density at radius 2 is 2.14 bits per heavy atom. The highest BCUT2D eigenvalue weighted by molar-refractivity contribution is 7.09. The van der Waals surface area contributed by atoms with Crippen molar-refractivity contribution in [2.45, 2.75) is 6.04 Å². The van der Waals surface area contributed by atoms with E-state index in [4.69, 9.17) is 11.1 Å². The van der Waals surface area contributed by atoms with Crippen molar-refractivity contribution in [3.63, 3.8) is 0 Å². The topological polar surface area (TPSA) is 0 Å². The van der Waals surface area contributed by atoms with Crippen molar-refractivity contribution in [2.24, 2.45) is 0 Å². The maximum atomic E-state index is 5.71. The molecule has 0 amide bonds. The van der Waals surface area contributed by atoms with E-state index in [9.17, 15) is 0 Å². The molecule has 0 heterocycles. The zero-order valence-corrected chi connectivity index (χ0v) is 6.14. The fourth-order valence-corrected chi connectivity index (χ4v) is 1.14. The first-order valence-electron chi connectivity index (χ1n) is 2.18. The summed E-state index contributed by atoms with van der Waals surface area (Å²) in [6.45, 7) is 7.11. The fraction of sp³-hybridized carbons (Fsp3) is 0.200. The number of halogens is 1. The summed E-state index contributed by atoms with van der Waals surface area (Å²) in [6.07, 6.45) is 1.84. The Kier molecular flexibility index (Phi) is 4.15. The van der Waals surface area contributed by atoms with E-state index in [0.29, 0.717) is 0 Å². The predicted octanol–water partition coefficient (Wildman–Crippen LogP) is 1.86. The van der Waals surface area contributed by atoms with Crippen molar-refractivity contribution in [2.75, 3.05) is 0 Å². The van der Waals surface area contributed by atoms with Crippen LogP contribution in [0.25, 0.3) is 0 Å². The maximum Gasteiger partial charge on any atom is 0.167 e. The van der Waals surface area contributed by atoms with Gasteiger partial charge in [0.25, 0.3) is 0 Å². The molecule has 0 aliphatic rings. The molecule has 7 heavy (non-hydrogen) atoms. The summed E-state index contributed by atoms with van der Waals surface area (Å²) >= 11 is 5.71. The van der Waals surface area contributed by atoms with E-state index in [1.165, 1.54) is 0 Å². The van der Waals surface area contributed by atoms with Crippen LogP contribution >= 0.6 is 11.1 Å². The summed E-state index contributed by atoms with van der Waals surface area (Å²) in [5, 5.41) is 0. The summed E-state index contributed by atoms with van der Waals surface area (Å²) in [6, 6.07) is 0.949. The molecule has 1 atom stereocenters. The Labute approximate surface area is 50.8 Å². The fourth-order valence-electron chi connectivity index (χ4n) is 0.255.